The molecule has 0 unspecified atom stereocenters. The zero-order valence-electron chi connectivity index (χ0n) is 12.9. The molecule has 0 N–H and O–H groups in total. The molecule has 0 aliphatic heterocycles. The molecular formula is C18H19O2Y-. The van der Waals surface area contributed by atoms with Gasteiger partial charge in [0.25, 0.3) is 0 Å². The van der Waals surface area contributed by atoms with Crippen LogP contribution in [0.25, 0.3) is 12.2 Å². The summed E-state index contributed by atoms with van der Waals surface area (Å²) in [6, 6.07) is 13.3. The molecule has 2 rings (SSSR count). The van der Waals surface area contributed by atoms with Crippen LogP contribution in [0.5, 0.6) is 11.5 Å². The van der Waals surface area contributed by atoms with Gasteiger partial charge in [-0.25, -0.2) is 0 Å². The molecule has 0 aliphatic rings. The fourth-order valence-corrected chi connectivity index (χ4v) is 2.06. The van der Waals surface area contributed by atoms with Crippen molar-refractivity contribution in [2.45, 2.75) is 13.8 Å². The van der Waals surface area contributed by atoms with Gasteiger partial charge in [-0.3, -0.25) is 0 Å². The molecule has 0 saturated carbocycles. The smallest absolute Gasteiger partial charge is 0.118 e. The molecule has 0 atom stereocenters. The van der Waals surface area contributed by atoms with E-state index >= 15 is 0 Å². The number of benzene rings is 2. The molecule has 21 heavy (non-hydrogen) atoms. The number of hydrogen-bond acceptors (Lipinski definition) is 2. The monoisotopic (exact) mass is 356 g/mol. The number of rotatable bonds is 4. The average Bonchev–Trinajstić information content (AvgIpc) is 2.47. The van der Waals surface area contributed by atoms with E-state index in [9.17, 15) is 0 Å². The zero-order valence-corrected chi connectivity index (χ0v) is 15.8. The van der Waals surface area contributed by atoms with Crippen molar-refractivity contribution in [1.29, 1.82) is 0 Å². The number of hydrogen-bond donors (Lipinski definition) is 0. The van der Waals surface area contributed by atoms with E-state index in [4.69, 9.17) is 9.47 Å². The molecule has 2 aromatic carbocycles. The normalized spacial score (nSPS) is 10.3. The van der Waals surface area contributed by atoms with E-state index < -0.39 is 0 Å². The van der Waals surface area contributed by atoms with Crippen LogP contribution < -0.4 is 9.47 Å². The van der Waals surface area contributed by atoms with Gasteiger partial charge >= 0.3 is 0 Å². The fourth-order valence-electron chi connectivity index (χ4n) is 2.06. The molecular weight excluding hydrogens is 337 g/mol. The van der Waals surface area contributed by atoms with Gasteiger partial charge in [-0.15, -0.1) is 23.3 Å². The van der Waals surface area contributed by atoms with Crippen molar-refractivity contribution < 1.29 is 42.2 Å². The predicted molar refractivity (Wildman–Crippen MR) is 83.2 cm³/mol. The van der Waals surface area contributed by atoms with Gasteiger partial charge in [-0.1, -0.05) is 32.1 Å². The molecule has 1 radical (unpaired) electrons. The average molecular weight is 356 g/mol. The van der Waals surface area contributed by atoms with Crippen molar-refractivity contribution in [3.05, 3.63) is 58.7 Å². The van der Waals surface area contributed by atoms with E-state index in [0.717, 1.165) is 33.8 Å². The predicted octanol–water partition coefficient (Wildman–Crippen LogP) is 4.29. The first-order valence-corrected chi connectivity index (χ1v) is 6.53. The second kappa shape index (κ2) is 8.36. The molecule has 0 spiro atoms. The molecule has 0 amide bonds. The second-order valence-corrected chi connectivity index (χ2v) is 4.65. The van der Waals surface area contributed by atoms with E-state index in [1.54, 1.807) is 14.2 Å². The Morgan fingerprint density at radius 2 is 1.57 bits per heavy atom. The number of aryl methyl sites for hydroxylation is 2. The van der Waals surface area contributed by atoms with E-state index in [1.165, 1.54) is 0 Å². The van der Waals surface area contributed by atoms with Crippen LogP contribution in [-0.2, 0) is 32.7 Å². The first-order chi connectivity index (χ1) is 9.63. The Morgan fingerprint density at radius 3 is 2.14 bits per heavy atom. The summed E-state index contributed by atoms with van der Waals surface area (Å²) in [4.78, 5) is 0. The van der Waals surface area contributed by atoms with Crippen LogP contribution in [0.3, 0.4) is 0 Å². The van der Waals surface area contributed by atoms with Gasteiger partial charge in [0.05, 0.1) is 14.2 Å². The van der Waals surface area contributed by atoms with Gasteiger partial charge < -0.3 is 9.47 Å². The van der Waals surface area contributed by atoms with Crippen LogP contribution in [0.4, 0.5) is 0 Å². The van der Waals surface area contributed by atoms with Crippen LogP contribution in [0.1, 0.15) is 22.3 Å². The molecule has 0 aromatic heterocycles. The van der Waals surface area contributed by atoms with Gasteiger partial charge in [0.2, 0.25) is 0 Å². The third-order valence-electron chi connectivity index (χ3n) is 3.26. The number of ether oxygens (including phenoxy) is 2. The van der Waals surface area contributed by atoms with E-state index in [-0.39, 0.29) is 32.7 Å². The summed E-state index contributed by atoms with van der Waals surface area (Å²) in [6.45, 7) is 4.06. The van der Waals surface area contributed by atoms with Gasteiger partial charge in [0.1, 0.15) is 5.75 Å². The van der Waals surface area contributed by atoms with E-state index in [1.807, 2.05) is 37.3 Å². The van der Waals surface area contributed by atoms with Crippen molar-refractivity contribution in [2.75, 3.05) is 14.2 Å². The largest absolute Gasteiger partial charge is 0.554 e. The minimum Gasteiger partial charge on any atom is -0.554 e. The molecule has 3 heteroatoms. The van der Waals surface area contributed by atoms with Gasteiger partial charge in [-0.2, -0.15) is 11.6 Å². The van der Waals surface area contributed by atoms with Gasteiger partial charge in [-0.05, 0) is 17.7 Å². The molecule has 0 heterocycles. The number of methoxy groups -OCH3 is 2. The Morgan fingerprint density at radius 1 is 0.905 bits per heavy atom. The Bertz CT molecular complexity index is 616. The van der Waals surface area contributed by atoms with Crippen molar-refractivity contribution in [2.24, 2.45) is 0 Å². The van der Waals surface area contributed by atoms with Crippen LogP contribution in [0, 0.1) is 19.9 Å². The maximum Gasteiger partial charge on any atom is 0.118 e. The van der Waals surface area contributed by atoms with Crippen molar-refractivity contribution in [3.63, 3.8) is 0 Å². The topological polar surface area (TPSA) is 18.5 Å². The molecule has 0 fully saturated rings. The van der Waals surface area contributed by atoms with E-state index in [0.29, 0.717) is 0 Å². The minimum atomic E-state index is 0. The van der Waals surface area contributed by atoms with Crippen molar-refractivity contribution in [3.8, 4) is 11.5 Å². The summed E-state index contributed by atoms with van der Waals surface area (Å²) in [6.07, 6.45) is 4.15. The molecule has 0 aliphatic carbocycles. The summed E-state index contributed by atoms with van der Waals surface area (Å²) in [5.74, 6) is 1.73. The molecule has 107 valence electrons. The molecule has 0 bridgehead atoms. The maximum atomic E-state index is 5.34. The quantitative estimate of drug-likeness (QED) is 0.601. The fraction of sp³-hybridized carbons (Fsp3) is 0.222. The Labute approximate surface area is 152 Å². The van der Waals surface area contributed by atoms with Crippen molar-refractivity contribution >= 4 is 12.2 Å². The summed E-state index contributed by atoms with van der Waals surface area (Å²) < 4.78 is 10.5. The third-order valence-corrected chi connectivity index (χ3v) is 3.26. The molecule has 2 nitrogen and oxygen atoms in total. The van der Waals surface area contributed by atoms with Crippen LogP contribution in [-0.4, -0.2) is 14.2 Å². The molecule has 2 aromatic rings. The van der Waals surface area contributed by atoms with Gasteiger partial charge in [0, 0.05) is 38.5 Å². The standard InChI is InChI=1S/C18H19O2.Y/c1-13-11-14(2)18(20-4)12-16(13)8-5-15-6-9-17(19-3)10-7-15;/h5-10,12H,1-4H3;/q-1;/b8-5-;. The SMILES string of the molecule is COc1ccc(/C=C\c2cc(OC)c(C)[c-]c2C)cc1.[Y]. The summed E-state index contributed by atoms with van der Waals surface area (Å²) >= 11 is 0. The van der Waals surface area contributed by atoms with Gasteiger partial charge in [0.15, 0.2) is 0 Å². The van der Waals surface area contributed by atoms with Crippen LogP contribution in [0.15, 0.2) is 30.3 Å². The first-order valence-electron chi connectivity index (χ1n) is 6.53. The second-order valence-electron chi connectivity index (χ2n) is 4.65. The Kier molecular flexibility index (Phi) is 7.14. The molecule has 0 saturated heterocycles. The van der Waals surface area contributed by atoms with Crippen LogP contribution >= 0.6 is 0 Å². The maximum absolute atomic E-state index is 5.34. The van der Waals surface area contributed by atoms with Crippen LogP contribution in [0.2, 0.25) is 0 Å². The Balaban J connectivity index is 0.00000220. The third kappa shape index (κ3) is 4.69. The first kappa shape index (κ1) is 17.9. The zero-order chi connectivity index (χ0) is 14.5. The summed E-state index contributed by atoms with van der Waals surface area (Å²) in [7, 11) is 3.35. The summed E-state index contributed by atoms with van der Waals surface area (Å²) in [5, 5.41) is 0. The summed E-state index contributed by atoms with van der Waals surface area (Å²) in [5.41, 5.74) is 4.40. The van der Waals surface area contributed by atoms with Crippen molar-refractivity contribution in [1.82, 2.24) is 0 Å². The van der Waals surface area contributed by atoms with E-state index in [2.05, 4.69) is 25.1 Å². The minimum absolute atomic E-state index is 0. The Hall–Kier alpha value is -1.12.